The van der Waals surface area contributed by atoms with Gasteiger partial charge in [0.05, 0.1) is 11.8 Å². The Bertz CT molecular complexity index is 927. The molecule has 0 spiro atoms. The SMILES string of the molecule is C[C@@H]([NH2+]CC(=O)N(c1ccccc1)[C@H]1C=CS(=O)(=O)C1)c1ccc(Cl)cc1. The number of rotatable bonds is 6. The highest BCUT2D eigenvalue weighted by atomic mass is 35.5. The molecule has 0 radical (unpaired) electrons. The van der Waals surface area contributed by atoms with Crippen LogP contribution in [0.25, 0.3) is 0 Å². The Hall–Kier alpha value is -2.15. The average molecular weight is 406 g/mol. The van der Waals surface area contributed by atoms with Gasteiger partial charge in [0.25, 0.3) is 5.91 Å². The second-order valence-corrected chi connectivity index (χ2v) is 8.97. The zero-order valence-electron chi connectivity index (χ0n) is 15.0. The fourth-order valence-electron chi connectivity index (χ4n) is 3.11. The van der Waals surface area contributed by atoms with Crippen LogP contribution < -0.4 is 10.2 Å². The number of amides is 1. The molecule has 27 heavy (non-hydrogen) atoms. The number of carbonyl (C=O) groups is 1. The first-order valence-corrected chi connectivity index (χ1v) is 10.8. The van der Waals surface area contributed by atoms with Crippen LogP contribution >= 0.6 is 11.6 Å². The average Bonchev–Trinajstić information content (AvgIpc) is 3.00. The Kier molecular flexibility index (Phi) is 5.99. The van der Waals surface area contributed by atoms with E-state index in [1.54, 1.807) is 11.0 Å². The zero-order chi connectivity index (χ0) is 19.4. The molecular formula is C20H22ClN2O3S+. The Labute approximate surface area is 164 Å². The molecule has 2 aromatic rings. The summed E-state index contributed by atoms with van der Waals surface area (Å²) in [5.74, 6) is -0.214. The van der Waals surface area contributed by atoms with Crippen LogP contribution in [0.4, 0.5) is 5.69 Å². The van der Waals surface area contributed by atoms with Crippen molar-refractivity contribution in [2.45, 2.75) is 19.0 Å². The highest BCUT2D eigenvalue weighted by molar-refractivity contribution is 7.94. The maximum absolute atomic E-state index is 13.0. The third kappa shape index (κ3) is 4.97. The van der Waals surface area contributed by atoms with Gasteiger partial charge >= 0.3 is 0 Å². The summed E-state index contributed by atoms with van der Waals surface area (Å²) >= 11 is 5.92. The molecule has 0 saturated heterocycles. The number of sulfone groups is 1. The lowest BCUT2D eigenvalue weighted by Gasteiger charge is -2.27. The van der Waals surface area contributed by atoms with Crippen molar-refractivity contribution < 1.29 is 18.5 Å². The molecule has 3 rings (SSSR count). The van der Waals surface area contributed by atoms with E-state index < -0.39 is 15.9 Å². The van der Waals surface area contributed by atoms with E-state index in [4.69, 9.17) is 11.6 Å². The molecule has 2 aromatic carbocycles. The number of nitrogens with zero attached hydrogens (tertiary/aromatic N) is 1. The molecule has 0 unspecified atom stereocenters. The quantitative estimate of drug-likeness (QED) is 0.801. The van der Waals surface area contributed by atoms with Gasteiger partial charge in [-0.05, 0) is 37.3 Å². The van der Waals surface area contributed by atoms with Crippen LogP contribution in [0.1, 0.15) is 18.5 Å². The van der Waals surface area contributed by atoms with E-state index in [1.807, 2.05) is 66.8 Å². The van der Waals surface area contributed by atoms with Gasteiger partial charge in [0.1, 0.15) is 6.04 Å². The van der Waals surface area contributed by atoms with E-state index in [2.05, 4.69) is 0 Å². The number of quaternary nitrogens is 1. The van der Waals surface area contributed by atoms with Gasteiger partial charge in [-0.1, -0.05) is 41.9 Å². The largest absolute Gasteiger partial charge is 0.333 e. The van der Waals surface area contributed by atoms with Gasteiger partial charge in [0.15, 0.2) is 16.4 Å². The lowest BCUT2D eigenvalue weighted by atomic mass is 10.1. The van der Waals surface area contributed by atoms with E-state index in [1.165, 1.54) is 5.41 Å². The number of benzene rings is 2. The molecule has 0 fully saturated rings. The Morgan fingerprint density at radius 2 is 1.85 bits per heavy atom. The molecule has 1 aliphatic rings. The third-order valence-electron chi connectivity index (χ3n) is 4.59. The second kappa shape index (κ2) is 8.25. The Morgan fingerprint density at radius 3 is 2.44 bits per heavy atom. The summed E-state index contributed by atoms with van der Waals surface area (Å²) in [7, 11) is -3.26. The number of halogens is 1. The molecular weight excluding hydrogens is 384 g/mol. The number of nitrogens with two attached hydrogens (primary N) is 1. The van der Waals surface area contributed by atoms with Crippen molar-refractivity contribution in [3.63, 3.8) is 0 Å². The standard InChI is InChI=1S/C20H21ClN2O3S/c1-15(16-7-9-17(21)10-8-16)22-13-20(24)23(18-5-3-2-4-6-18)19-11-12-27(25,26)14-19/h2-12,15,19,22H,13-14H2,1H3/p+1/t15-,19+/m1/s1. The van der Waals surface area contributed by atoms with Gasteiger partial charge in [-0.15, -0.1) is 0 Å². The number of hydrogen-bond acceptors (Lipinski definition) is 3. The van der Waals surface area contributed by atoms with Crippen LogP contribution in [0.15, 0.2) is 66.1 Å². The molecule has 0 bridgehead atoms. The minimum atomic E-state index is -3.26. The van der Waals surface area contributed by atoms with Crippen LogP contribution in [-0.4, -0.2) is 32.7 Å². The van der Waals surface area contributed by atoms with Gasteiger partial charge in [0.2, 0.25) is 0 Å². The summed E-state index contributed by atoms with van der Waals surface area (Å²) in [5, 5.41) is 3.81. The van der Waals surface area contributed by atoms with Crippen LogP contribution in [0, 0.1) is 0 Å². The molecule has 0 aliphatic carbocycles. The molecule has 2 atom stereocenters. The van der Waals surface area contributed by atoms with E-state index in [0.29, 0.717) is 10.7 Å². The van der Waals surface area contributed by atoms with Crippen molar-refractivity contribution in [3.05, 3.63) is 76.7 Å². The monoisotopic (exact) mass is 405 g/mol. The lowest BCUT2D eigenvalue weighted by Crippen LogP contribution is -2.87. The molecule has 0 aromatic heterocycles. The van der Waals surface area contributed by atoms with Gasteiger partial charge < -0.3 is 5.32 Å². The van der Waals surface area contributed by atoms with Crippen LogP contribution in [-0.2, 0) is 14.6 Å². The maximum Gasteiger partial charge on any atom is 0.282 e. The van der Waals surface area contributed by atoms with Gasteiger partial charge in [-0.2, -0.15) is 0 Å². The first-order valence-electron chi connectivity index (χ1n) is 8.72. The fourth-order valence-corrected chi connectivity index (χ4v) is 4.50. The fraction of sp³-hybridized carbons (Fsp3) is 0.250. The predicted octanol–water partition coefficient (Wildman–Crippen LogP) is 2.31. The number of para-hydroxylation sites is 1. The summed E-state index contributed by atoms with van der Waals surface area (Å²) in [4.78, 5) is 14.6. The summed E-state index contributed by atoms with van der Waals surface area (Å²) < 4.78 is 23.7. The smallest absolute Gasteiger partial charge is 0.282 e. The minimum absolute atomic E-state index is 0.0756. The minimum Gasteiger partial charge on any atom is -0.333 e. The van der Waals surface area contributed by atoms with Gasteiger partial charge in [-0.3, -0.25) is 9.69 Å². The molecule has 2 N–H and O–H groups in total. The zero-order valence-corrected chi connectivity index (χ0v) is 16.5. The van der Waals surface area contributed by atoms with Crippen molar-refractivity contribution in [1.82, 2.24) is 0 Å². The summed E-state index contributed by atoms with van der Waals surface area (Å²) in [6.07, 6.45) is 1.59. The van der Waals surface area contributed by atoms with Crippen LogP contribution in [0.2, 0.25) is 5.02 Å². The van der Waals surface area contributed by atoms with Crippen LogP contribution in [0.3, 0.4) is 0 Å². The molecule has 1 amide bonds. The molecule has 0 saturated carbocycles. The first-order chi connectivity index (χ1) is 12.9. The second-order valence-electron chi connectivity index (χ2n) is 6.60. The molecule has 5 nitrogen and oxygen atoms in total. The number of anilines is 1. The van der Waals surface area contributed by atoms with Crippen molar-refractivity contribution in [3.8, 4) is 0 Å². The Balaban J connectivity index is 1.73. The molecule has 1 aliphatic heterocycles. The van der Waals surface area contributed by atoms with E-state index in [-0.39, 0.29) is 24.2 Å². The van der Waals surface area contributed by atoms with Crippen molar-refractivity contribution >= 4 is 33.0 Å². The third-order valence-corrected chi connectivity index (χ3v) is 6.22. The molecule has 7 heteroatoms. The predicted molar refractivity (Wildman–Crippen MR) is 107 cm³/mol. The lowest BCUT2D eigenvalue weighted by molar-refractivity contribution is -0.682. The first kappa shape index (κ1) is 19.6. The van der Waals surface area contributed by atoms with Crippen LogP contribution in [0.5, 0.6) is 0 Å². The Morgan fingerprint density at radius 1 is 1.19 bits per heavy atom. The molecule has 1 heterocycles. The van der Waals surface area contributed by atoms with Gasteiger partial charge in [0, 0.05) is 21.7 Å². The summed E-state index contributed by atoms with van der Waals surface area (Å²) in [6.45, 7) is 2.23. The highest BCUT2D eigenvalue weighted by Crippen LogP contribution is 2.22. The van der Waals surface area contributed by atoms with Gasteiger partial charge in [-0.25, -0.2) is 8.42 Å². The van der Waals surface area contributed by atoms with E-state index in [0.717, 1.165) is 5.56 Å². The van der Waals surface area contributed by atoms with Crippen molar-refractivity contribution in [1.29, 1.82) is 0 Å². The highest BCUT2D eigenvalue weighted by Gasteiger charge is 2.32. The van der Waals surface area contributed by atoms with Crippen molar-refractivity contribution in [2.24, 2.45) is 0 Å². The topological polar surface area (TPSA) is 71.1 Å². The van der Waals surface area contributed by atoms with Crippen molar-refractivity contribution in [2.75, 3.05) is 17.2 Å². The maximum atomic E-state index is 13.0. The van der Waals surface area contributed by atoms with E-state index >= 15 is 0 Å². The molecule has 142 valence electrons. The van der Waals surface area contributed by atoms with E-state index in [9.17, 15) is 13.2 Å². The number of hydrogen-bond donors (Lipinski definition) is 1. The summed E-state index contributed by atoms with van der Waals surface area (Å²) in [5.41, 5.74) is 1.77. The summed E-state index contributed by atoms with van der Waals surface area (Å²) in [6, 6.07) is 16.3. The number of carbonyl (C=O) groups excluding carboxylic acids is 1. The normalized spacial score (nSPS) is 19.0.